The van der Waals surface area contributed by atoms with Crippen LogP contribution in [-0.4, -0.2) is 12.6 Å². The molecule has 0 N–H and O–H groups in total. The lowest BCUT2D eigenvalue weighted by Crippen LogP contribution is -2.48. The summed E-state index contributed by atoms with van der Waals surface area (Å²) in [5.74, 6) is 1.78. The highest BCUT2D eigenvalue weighted by atomic mass is 19.1. The standard InChI is InChI=1S/C18H21FO2/c19-16-3-1-2-15(7-16)17(20)21-11-18-8-12-4-13(9-18)6-14(5-12)10-18/h1-3,7,12-14H,4-6,8-11H2. The first-order valence-electron chi connectivity index (χ1n) is 8.05. The van der Waals surface area contributed by atoms with Gasteiger partial charge in [0.25, 0.3) is 0 Å². The number of carbonyl (C=O) groups excluding carboxylic acids is 1. The third-order valence-corrected chi connectivity index (χ3v) is 5.73. The monoisotopic (exact) mass is 288 g/mol. The van der Waals surface area contributed by atoms with E-state index in [0.717, 1.165) is 17.8 Å². The van der Waals surface area contributed by atoms with Gasteiger partial charge in [0.1, 0.15) is 5.82 Å². The normalized spacial score (nSPS) is 36.7. The Morgan fingerprint density at radius 2 is 1.76 bits per heavy atom. The van der Waals surface area contributed by atoms with Crippen LogP contribution < -0.4 is 0 Å². The first-order chi connectivity index (χ1) is 10.1. The molecule has 0 atom stereocenters. The molecule has 4 aliphatic carbocycles. The van der Waals surface area contributed by atoms with Gasteiger partial charge >= 0.3 is 5.97 Å². The molecule has 0 heterocycles. The fraction of sp³-hybridized carbons (Fsp3) is 0.611. The zero-order chi connectivity index (χ0) is 14.4. The van der Waals surface area contributed by atoms with Gasteiger partial charge in [0.05, 0.1) is 12.2 Å². The van der Waals surface area contributed by atoms with Crippen molar-refractivity contribution in [2.24, 2.45) is 23.2 Å². The summed E-state index contributed by atoms with van der Waals surface area (Å²) in [6.45, 7) is 0.520. The molecule has 4 bridgehead atoms. The molecule has 0 unspecified atom stereocenters. The van der Waals surface area contributed by atoms with Crippen molar-refractivity contribution in [3.8, 4) is 0 Å². The third-order valence-electron chi connectivity index (χ3n) is 5.73. The van der Waals surface area contributed by atoms with E-state index in [1.165, 1.54) is 50.7 Å². The van der Waals surface area contributed by atoms with E-state index in [1.54, 1.807) is 12.1 Å². The lowest BCUT2D eigenvalue weighted by atomic mass is 9.50. The van der Waals surface area contributed by atoms with Gasteiger partial charge in [0.2, 0.25) is 0 Å². The minimum atomic E-state index is -0.390. The molecule has 2 nitrogen and oxygen atoms in total. The second-order valence-electron chi connectivity index (χ2n) is 7.50. The Hall–Kier alpha value is -1.38. The van der Waals surface area contributed by atoms with Gasteiger partial charge in [-0.3, -0.25) is 0 Å². The average molecular weight is 288 g/mol. The number of rotatable bonds is 3. The Morgan fingerprint density at radius 3 is 2.33 bits per heavy atom. The number of benzene rings is 1. The molecule has 5 rings (SSSR count). The maximum absolute atomic E-state index is 13.2. The van der Waals surface area contributed by atoms with E-state index < -0.39 is 0 Å². The summed E-state index contributed by atoms with van der Waals surface area (Å²) in [4.78, 5) is 12.1. The second-order valence-corrected chi connectivity index (χ2v) is 7.50. The van der Waals surface area contributed by atoms with Crippen LogP contribution >= 0.6 is 0 Å². The zero-order valence-electron chi connectivity index (χ0n) is 12.2. The highest BCUT2D eigenvalue weighted by molar-refractivity contribution is 5.89. The van der Waals surface area contributed by atoms with Gasteiger partial charge in [-0.1, -0.05) is 6.07 Å². The van der Waals surface area contributed by atoms with E-state index in [0.29, 0.717) is 12.2 Å². The van der Waals surface area contributed by atoms with Crippen LogP contribution in [0.2, 0.25) is 0 Å². The van der Waals surface area contributed by atoms with Crippen molar-refractivity contribution in [3.05, 3.63) is 35.6 Å². The highest BCUT2D eigenvalue weighted by Crippen LogP contribution is 2.60. The van der Waals surface area contributed by atoms with Gasteiger partial charge in [-0.2, -0.15) is 0 Å². The molecule has 3 heteroatoms. The molecule has 0 aromatic heterocycles. The summed E-state index contributed by atoms with van der Waals surface area (Å²) < 4.78 is 18.7. The fourth-order valence-corrected chi connectivity index (χ4v) is 5.38. The molecule has 0 amide bonds. The molecular weight excluding hydrogens is 267 g/mol. The highest BCUT2D eigenvalue weighted by Gasteiger charge is 2.51. The number of esters is 1. The maximum Gasteiger partial charge on any atom is 0.338 e. The van der Waals surface area contributed by atoms with Gasteiger partial charge in [-0.05, 0) is 74.5 Å². The van der Waals surface area contributed by atoms with E-state index in [9.17, 15) is 9.18 Å². The molecule has 1 aromatic rings. The Kier molecular flexibility index (Phi) is 3.05. The van der Waals surface area contributed by atoms with Crippen LogP contribution in [0.1, 0.15) is 48.9 Å². The van der Waals surface area contributed by atoms with E-state index >= 15 is 0 Å². The van der Waals surface area contributed by atoms with Crippen LogP contribution in [0.4, 0.5) is 4.39 Å². The Balaban J connectivity index is 1.44. The quantitative estimate of drug-likeness (QED) is 0.779. The van der Waals surface area contributed by atoms with Crippen LogP contribution in [0.3, 0.4) is 0 Å². The van der Waals surface area contributed by atoms with Gasteiger partial charge < -0.3 is 4.74 Å². The fourth-order valence-electron chi connectivity index (χ4n) is 5.38. The van der Waals surface area contributed by atoms with Crippen LogP contribution in [0.5, 0.6) is 0 Å². The smallest absolute Gasteiger partial charge is 0.338 e. The summed E-state index contributed by atoms with van der Waals surface area (Å²) in [5, 5.41) is 0. The minimum Gasteiger partial charge on any atom is -0.462 e. The van der Waals surface area contributed by atoms with Crippen molar-refractivity contribution >= 4 is 5.97 Å². The number of halogens is 1. The van der Waals surface area contributed by atoms with Gasteiger partial charge in [-0.15, -0.1) is 0 Å². The maximum atomic E-state index is 13.2. The topological polar surface area (TPSA) is 26.3 Å². The van der Waals surface area contributed by atoms with E-state index in [-0.39, 0.29) is 17.2 Å². The average Bonchev–Trinajstić information content (AvgIpc) is 2.43. The first kappa shape index (κ1) is 13.3. The summed E-state index contributed by atoms with van der Waals surface area (Å²) >= 11 is 0. The minimum absolute atomic E-state index is 0.220. The number of ether oxygens (including phenoxy) is 1. The van der Waals surface area contributed by atoms with Crippen LogP contribution in [-0.2, 0) is 4.74 Å². The molecule has 4 fully saturated rings. The molecule has 4 aliphatic rings. The third kappa shape index (κ3) is 2.47. The summed E-state index contributed by atoms with van der Waals surface area (Å²) in [6, 6.07) is 5.76. The van der Waals surface area contributed by atoms with Gasteiger partial charge in [-0.25, -0.2) is 9.18 Å². The van der Waals surface area contributed by atoms with E-state index in [2.05, 4.69) is 0 Å². The molecule has 112 valence electrons. The molecule has 0 aliphatic heterocycles. The van der Waals surface area contributed by atoms with E-state index in [1.807, 2.05) is 0 Å². The second kappa shape index (κ2) is 4.82. The van der Waals surface area contributed by atoms with Crippen LogP contribution in [0.25, 0.3) is 0 Å². The largest absolute Gasteiger partial charge is 0.462 e. The van der Waals surface area contributed by atoms with E-state index in [4.69, 9.17) is 4.74 Å². The molecule has 0 radical (unpaired) electrons. The predicted molar refractivity (Wildman–Crippen MR) is 77.3 cm³/mol. The molecule has 1 aromatic carbocycles. The predicted octanol–water partition coefficient (Wildman–Crippen LogP) is 4.20. The molecule has 0 spiro atoms. The number of hydrogen-bond donors (Lipinski definition) is 0. The molecule has 4 saturated carbocycles. The van der Waals surface area contributed by atoms with Gasteiger partial charge in [0.15, 0.2) is 0 Å². The Morgan fingerprint density at radius 1 is 1.14 bits per heavy atom. The van der Waals surface area contributed by atoms with Crippen LogP contribution in [0.15, 0.2) is 24.3 Å². The van der Waals surface area contributed by atoms with Gasteiger partial charge in [0, 0.05) is 5.41 Å². The van der Waals surface area contributed by atoms with Crippen LogP contribution in [0, 0.1) is 29.0 Å². The number of hydrogen-bond acceptors (Lipinski definition) is 2. The molecule has 0 saturated heterocycles. The molecular formula is C18H21FO2. The van der Waals surface area contributed by atoms with Crippen molar-refractivity contribution in [2.75, 3.05) is 6.61 Å². The van der Waals surface area contributed by atoms with Crippen molar-refractivity contribution in [2.45, 2.75) is 38.5 Å². The zero-order valence-corrected chi connectivity index (χ0v) is 12.2. The summed E-state index contributed by atoms with van der Waals surface area (Å²) in [7, 11) is 0. The van der Waals surface area contributed by atoms with Crippen molar-refractivity contribution in [1.82, 2.24) is 0 Å². The summed E-state index contributed by atoms with van der Waals surface area (Å²) in [5.41, 5.74) is 0.539. The lowest BCUT2D eigenvalue weighted by Gasteiger charge is -2.56. The Bertz CT molecular complexity index is 531. The van der Waals surface area contributed by atoms with Crippen molar-refractivity contribution in [3.63, 3.8) is 0 Å². The number of carbonyl (C=O) groups is 1. The van der Waals surface area contributed by atoms with Crippen molar-refractivity contribution in [1.29, 1.82) is 0 Å². The lowest BCUT2D eigenvalue weighted by molar-refractivity contribution is -0.0848. The first-order valence-corrected chi connectivity index (χ1v) is 8.05. The molecule has 21 heavy (non-hydrogen) atoms. The summed E-state index contributed by atoms with van der Waals surface area (Å²) in [6.07, 6.45) is 7.81. The Labute approximate surface area is 124 Å². The SMILES string of the molecule is O=C(OCC12CC3CC(CC(C3)C1)C2)c1cccc(F)c1. The van der Waals surface area contributed by atoms with Crippen molar-refractivity contribution < 1.29 is 13.9 Å².